The van der Waals surface area contributed by atoms with E-state index in [9.17, 15) is 4.79 Å². The van der Waals surface area contributed by atoms with Gasteiger partial charge in [-0.15, -0.1) is 0 Å². The van der Waals surface area contributed by atoms with Crippen LogP contribution >= 0.6 is 0 Å². The molecule has 8 heteroatoms. The lowest BCUT2D eigenvalue weighted by molar-refractivity contribution is -0.131. The molecule has 192 valence electrons. The first-order valence-corrected chi connectivity index (χ1v) is 13.1. The van der Waals surface area contributed by atoms with Gasteiger partial charge in [0.15, 0.2) is 0 Å². The van der Waals surface area contributed by atoms with Gasteiger partial charge in [-0.2, -0.15) is 4.98 Å². The van der Waals surface area contributed by atoms with Gasteiger partial charge in [-0.3, -0.25) is 4.79 Å². The zero-order valence-electron chi connectivity index (χ0n) is 21.4. The van der Waals surface area contributed by atoms with E-state index < -0.39 is 0 Å². The van der Waals surface area contributed by atoms with Gasteiger partial charge in [0.05, 0.1) is 39.0 Å². The Bertz CT molecular complexity index is 1290. The predicted molar refractivity (Wildman–Crippen MR) is 142 cm³/mol. The highest BCUT2D eigenvalue weighted by Crippen LogP contribution is 2.31. The second kappa shape index (κ2) is 10.4. The van der Waals surface area contributed by atoms with Crippen molar-refractivity contribution in [3.8, 4) is 5.75 Å². The van der Waals surface area contributed by atoms with Crippen molar-refractivity contribution in [2.24, 2.45) is 0 Å². The highest BCUT2D eigenvalue weighted by Gasteiger charge is 2.30. The second-order valence-electron chi connectivity index (χ2n) is 9.91. The van der Waals surface area contributed by atoms with Crippen molar-refractivity contribution in [3.05, 3.63) is 76.5 Å². The van der Waals surface area contributed by atoms with Crippen LogP contribution in [-0.4, -0.2) is 67.3 Å². The van der Waals surface area contributed by atoms with Crippen LogP contribution in [0.15, 0.2) is 48.5 Å². The van der Waals surface area contributed by atoms with Crippen LogP contribution in [0, 0.1) is 0 Å². The Kier molecular flexibility index (Phi) is 6.66. The van der Waals surface area contributed by atoms with Gasteiger partial charge in [0, 0.05) is 44.7 Å². The molecule has 1 fully saturated rings. The molecule has 2 aromatic carbocycles. The average molecular weight is 500 g/mol. The number of fused-ring (bicyclic) bond motifs is 2. The molecule has 0 aliphatic carbocycles. The van der Waals surface area contributed by atoms with Gasteiger partial charge in [-0.05, 0) is 35.2 Å². The van der Waals surface area contributed by atoms with Crippen molar-refractivity contribution in [1.29, 1.82) is 0 Å². The molecule has 6 rings (SSSR count). The molecule has 0 N–H and O–H groups in total. The third-order valence-electron chi connectivity index (χ3n) is 7.59. The number of amides is 1. The smallest absolute Gasteiger partial charge is 0.227 e. The van der Waals surface area contributed by atoms with Crippen LogP contribution in [0.5, 0.6) is 5.75 Å². The fraction of sp³-hybridized carbons (Fsp3) is 0.414. The molecule has 37 heavy (non-hydrogen) atoms. The van der Waals surface area contributed by atoms with E-state index in [0.29, 0.717) is 32.7 Å². The lowest BCUT2D eigenvalue weighted by Crippen LogP contribution is -2.42. The largest absolute Gasteiger partial charge is 0.497 e. The van der Waals surface area contributed by atoms with E-state index in [2.05, 4.69) is 34.1 Å². The molecule has 0 spiro atoms. The molecule has 8 nitrogen and oxygen atoms in total. The summed E-state index contributed by atoms with van der Waals surface area (Å²) in [5, 5.41) is 0. The summed E-state index contributed by atoms with van der Waals surface area (Å²) in [5.74, 6) is 2.64. The predicted octanol–water partition coefficient (Wildman–Crippen LogP) is 3.01. The minimum absolute atomic E-state index is 0.114. The van der Waals surface area contributed by atoms with Gasteiger partial charge < -0.3 is 24.2 Å². The molecule has 3 aromatic rings. The standard InChI is InChI=1S/C29H33N5O3/c1-36-24-8-4-5-21(17-24)18-27(35)33-12-10-26-25(20-33)28(32-13-15-37-16-14-32)31-29(30-26)34-11-9-22-6-2-3-7-23(22)19-34/h2-8,17H,9-16,18-20H2,1H3. The summed E-state index contributed by atoms with van der Waals surface area (Å²) < 4.78 is 11.0. The van der Waals surface area contributed by atoms with Crippen LogP contribution in [0.3, 0.4) is 0 Å². The quantitative estimate of drug-likeness (QED) is 0.535. The maximum absolute atomic E-state index is 13.3. The summed E-state index contributed by atoms with van der Waals surface area (Å²) in [6, 6.07) is 16.4. The van der Waals surface area contributed by atoms with Crippen molar-refractivity contribution in [2.45, 2.75) is 32.4 Å². The second-order valence-corrected chi connectivity index (χ2v) is 9.91. The number of hydrogen-bond acceptors (Lipinski definition) is 7. The number of ether oxygens (including phenoxy) is 2. The molecule has 0 bridgehead atoms. The normalized spacial score (nSPS) is 17.3. The molecule has 0 atom stereocenters. The van der Waals surface area contributed by atoms with E-state index in [-0.39, 0.29) is 5.91 Å². The molecule has 0 unspecified atom stereocenters. The summed E-state index contributed by atoms with van der Waals surface area (Å²) in [4.78, 5) is 30.1. The first-order chi connectivity index (χ1) is 18.2. The molecule has 1 aromatic heterocycles. The van der Waals surface area contributed by atoms with E-state index >= 15 is 0 Å². The van der Waals surface area contributed by atoms with Crippen LogP contribution in [0.4, 0.5) is 11.8 Å². The maximum atomic E-state index is 13.3. The molecule has 4 heterocycles. The van der Waals surface area contributed by atoms with Crippen molar-refractivity contribution >= 4 is 17.7 Å². The van der Waals surface area contributed by atoms with E-state index in [4.69, 9.17) is 19.4 Å². The first kappa shape index (κ1) is 23.7. The van der Waals surface area contributed by atoms with Gasteiger partial charge in [-0.25, -0.2) is 4.98 Å². The lowest BCUT2D eigenvalue weighted by Gasteiger charge is -2.36. The maximum Gasteiger partial charge on any atom is 0.227 e. The van der Waals surface area contributed by atoms with Gasteiger partial charge in [0.1, 0.15) is 11.6 Å². The van der Waals surface area contributed by atoms with Crippen molar-refractivity contribution in [1.82, 2.24) is 14.9 Å². The van der Waals surface area contributed by atoms with Gasteiger partial charge in [0.25, 0.3) is 0 Å². The topological polar surface area (TPSA) is 71.0 Å². The van der Waals surface area contributed by atoms with Crippen LogP contribution in [0.2, 0.25) is 0 Å². The highest BCUT2D eigenvalue weighted by atomic mass is 16.5. The summed E-state index contributed by atoms with van der Waals surface area (Å²) in [5.41, 5.74) is 5.86. The number of rotatable bonds is 5. The number of carbonyl (C=O) groups is 1. The molecule has 3 aliphatic rings. The Hall–Kier alpha value is -3.65. The molecular weight excluding hydrogens is 466 g/mol. The number of anilines is 2. The highest BCUT2D eigenvalue weighted by molar-refractivity contribution is 5.79. The van der Waals surface area contributed by atoms with Gasteiger partial charge >= 0.3 is 0 Å². The molecule has 3 aliphatic heterocycles. The zero-order valence-corrected chi connectivity index (χ0v) is 21.4. The van der Waals surface area contributed by atoms with Crippen molar-refractivity contribution in [2.75, 3.05) is 56.3 Å². The molecule has 1 amide bonds. The minimum Gasteiger partial charge on any atom is -0.497 e. The SMILES string of the molecule is COc1cccc(CC(=O)N2CCc3nc(N4CCc5ccccc5C4)nc(N4CCOCC4)c3C2)c1. The number of aromatic nitrogens is 2. The summed E-state index contributed by atoms with van der Waals surface area (Å²) in [6.45, 7) is 5.89. The number of nitrogens with zero attached hydrogens (tertiary/aromatic N) is 5. The van der Waals surface area contributed by atoms with Gasteiger partial charge in [-0.1, -0.05) is 36.4 Å². The average Bonchev–Trinajstić information content (AvgIpc) is 2.96. The number of morpholine rings is 1. The fourth-order valence-corrected chi connectivity index (χ4v) is 5.51. The Balaban J connectivity index is 1.27. The van der Waals surface area contributed by atoms with Crippen molar-refractivity contribution < 1.29 is 14.3 Å². The Morgan fingerprint density at radius 1 is 0.919 bits per heavy atom. The lowest BCUT2D eigenvalue weighted by atomic mass is 10.00. The van der Waals surface area contributed by atoms with Crippen molar-refractivity contribution in [3.63, 3.8) is 0 Å². The number of carbonyl (C=O) groups excluding carboxylic acids is 1. The van der Waals surface area contributed by atoms with Crippen LogP contribution in [0.25, 0.3) is 0 Å². The first-order valence-electron chi connectivity index (χ1n) is 13.1. The summed E-state index contributed by atoms with van der Waals surface area (Å²) in [6.07, 6.45) is 2.08. The molecule has 0 saturated carbocycles. The van der Waals surface area contributed by atoms with E-state index in [1.165, 1.54) is 11.1 Å². The molecular formula is C29H33N5O3. The monoisotopic (exact) mass is 499 g/mol. The van der Waals surface area contributed by atoms with Crippen LogP contribution in [0.1, 0.15) is 27.9 Å². The third kappa shape index (κ3) is 4.98. The zero-order chi connectivity index (χ0) is 25.2. The van der Waals surface area contributed by atoms with E-state index in [1.807, 2.05) is 29.2 Å². The van der Waals surface area contributed by atoms with Crippen LogP contribution in [-0.2, 0) is 41.9 Å². The molecule has 1 saturated heterocycles. The summed E-state index contributed by atoms with van der Waals surface area (Å²) in [7, 11) is 1.65. The molecule has 0 radical (unpaired) electrons. The number of methoxy groups -OCH3 is 1. The summed E-state index contributed by atoms with van der Waals surface area (Å²) >= 11 is 0. The Morgan fingerprint density at radius 2 is 1.76 bits per heavy atom. The van der Waals surface area contributed by atoms with Crippen LogP contribution < -0.4 is 14.5 Å². The van der Waals surface area contributed by atoms with E-state index in [1.54, 1.807) is 7.11 Å². The Labute approximate surface area is 217 Å². The number of benzene rings is 2. The van der Waals surface area contributed by atoms with E-state index in [0.717, 1.165) is 73.4 Å². The Morgan fingerprint density at radius 3 is 2.59 bits per heavy atom. The number of hydrogen-bond donors (Lipinski definition) is 0. The third-order valence-corrected chi connectivity index (χ3v) is 7.59. The minimum atomic E-state index is 0.114. The fourth-order valence-electron chi connectivity index (χ4n) is 5.51. The van der Waals surface area contributed by atoms with Gasteiger partial charge in [0.2, 0.25) is 11.9 Å².